The lowest BCUT2D eigenvalue weighted by atomic mass is 10.0. The van der Waals surface area contributed by atoms with E-state index in [2.05, 4.69) is 22.6 Å². The van der Waals surface area contributed by atoms with Crippen molar-refractivity contribution >= 4 is 18.4 Å². The highest BCUT2D eigenvalue weighted by molar-refractivity contribution is 7.81. The Morgan fingerprint density at radius 1 is 0.864 bits per heavy atom. The van der Waals surface area contributed by atoms with Crippen LogP contribution in [-0.2, 0) is 0 Å². The molecule has 0 aliphatic carbocycles. The second-order valence-corrected chi connectivity index (χ2v) is 5.31. The van der Waals surface area contributed by atoms with Crippen molar-refractivity contribution in [2.75, 3.05) is 0 Å². The molecule has 0 fully saturated rings. The molecule has 2 aromatic carbocycles. The van der Waals surface area contributed by atoms with Gasteiger partial charge in [-0.15, -0.1) is 0 Å². The first-order valence-electron chi connectivity index (χ1n) is 6.91. The maximum Gasteiger partial charge on any atom is 0.181 e. The second-order valence-electron chi connectivity index (χ2n) is 4.79. The minimum Gasteiger partial charge on any atom is -0.292 e. The van der Waals surface area contributed by atoms with Crippen LogP contribution in [0.25, 0.3) is 11.3 Å². The molecule has 0 aliphatic heterocycles. The summed E-state index contributed by atoms with van der Waals surface area (Å²) in [6, 6.07) is 18.8. The fourth-order valence-corrected chi connectivity index (χ4v) is 2.59. The number of thiol groups is 1. The van der Waals surface area contributed by atoms with Crippen LogP contribution in [0.1, 0.15) is 21.3 Å². The average molecular weight is 306 g/mol. The maximum atomic E-state index is 12.6. The second kappa shape index (κ2) is 6.54. The van der Waals surface area contributed by atoms with Gasteiger partial charge in [0.25, 0.3) is 0 Å². The van der Waals surface area contributed by atoms with E-state index in [1.807, 2.05) is 48.5 Å². The average Bonchev–Trinajstić information content (AvgIpc) is 2.62. The lowest BCUT2D eigenvalue weighted by Crippen LogP contribution is -2.11. The monoisotopic (exact) mass is 306 g/mol. The molecule has 0 aliphatic rings. The molecule has 0 amide bonds. The fraction of sp³-hybridized carbons (Fsp3) is 0.0556. The maximum absolute atomic E-state index is 12.6. The molecule has 3 rings (SSSR count). The van der Waals surface area contributed by atoms with E-state index in [1.54, 1.807) is 24.5 Å². The Morgan fingerprint density at radius 2 is 1.45 bits per heavy atom. The Balaban J connectivity index is 2.00. The van der Waals surface area contributed by atoms with Crippen molar-refractivity contribution < 1.29 is 4.79 Å². The third-order valence-corrected chi connectivity index (χ3v) is 3.82. The normalized spacial score (nSPS) is 11.9. The summed E-state index contributed by atoms with van der Waals surface area (Å²) >= 11 is 4.49. The number of ketones is 1. The lowest BCUT2D eigenvalue weighted by Gasteiger charge is -2.13. The number of benzene rings is 2. The van der Waals surface area contributed by atoms with Gasteiger partial charge < -0.3 is 0 Å². The van der Waals surface area contributed by atoms with Crippen LogP contribution in [0.5, 0.6) is 0 Å². The van der Waals surface area contributed by atoms with Gasteiger partial charge in [-0.1, -0.05) is 60.7 Å². The van der Waals surface area contributed by atoms with Crippen LogP contribution < -0.4 is 0 Å². The van der Waals surface area contributed by atoms with Gasteiger partial charge in [0.1, 0.15) is 5.25 Å². The van der Waals surface area contributed by atoms with Crippen molar-refractivity contribution in [3.05, 3.63) is 84.3 Å². The van der Waals surface area contributed by atoms with Crippen molar-refractivity contribution in [1.82, 2.24) is 9.97 Å². The standard InChI is InChI=1S/C18H14N2OS/c21-17(14-9-5-2-6-10-14)18(22)16-15(19-11-12-20-16)13-7-3-1-4-8-13/h1-12,18,22H. The minimum atomic E-state index is -0.647. The van der Waals surface area contributed by atoms with Crippen LogP contribution in [0.4, 0.5) is 0 Å². The Bertz CT molecular complexity index is 775. The molecule has 1 aromatic heterocycles. The van der Waals surface area contributed by atoms with E-state index in [4.69, 9.17) is 0 Å². The molecule has 108 valence electrons. The quantitative estimate of drug-likeness (QED) is 0.585. The highest BCUT2D eigenvalue weighted by atomic mass is 32.1. The van der Waals surface area contributed by atoms with E-state index in [0.717, 1.165) is 5.56 Å². The summed E-state index contributed by atoms with van der Waals surface area (Å²) in [4.78, 5) is 21.3. The summed E-state index contributed by atoms with van der Waals surface area (Å²) in [5.74, 6) is -0.0818. The van der Waals surface area contributed by atoms with Crippen LogP contribution in [0, 0.1) is 0 Å². The van der Waals surface area contributed by atoms with Gasteiger partial charge in [0.15, 0.2) is 5.78 Å². The topological polar surface area (TPSA) is 42.9 Å². The summed E-state index contributed by atoms with van der Waals surface area (Å²) < 4.78 is 0. The predicted molar refractivity (Wildman–Crippen MR) is 90.0 cm³/mol. The number of carbonyl (C=O) groups excluding carboxylic acids is 1. The van der Waals surface area contributed by atoms with Crippen LogP contribution in [0.2, 0.25) is 0 Å². The number of aromatic nitrogens is 2. The molecular weight excluding hydrogens is 292 g/mol. The summed E-state index contributed by atoms with van der Waals surface area (Å²) in [6.45, 7) is 0. The zero-order chi connectivity index (χ0) is 15.4. The first kappa shape index (κ1) is 14.5. The van der Waals surface area contributed by atoms with Gasteiger partial charge in [-0.2, -0.15) is 12.6 Å². The fourth-order valence-electron chi connectivity index (χ4n) is 2.25. The van der Waals surface area contributed by atoms with Gasteiger partial charge >= 0.3 is 0 Å². The van der Waals surface area contributed by atoms with E-state index < -0.39 is 5.25 Å². The summed E-state index contributed by atoms with van der Waals surface area (Å²) in [5, 5.41) is -0.647. The third-order valence-electron chi connectivity index (χ3n) is 3.34. The molecule has 0 saturated heterocycles. The van der Waals surface area contributed by atoms with Gasteiger partial charge in [0.05, 0.1) is 11.4 Å². The highest BCUT2D eigenvalue weighted by Crippen LogP contribution is 2.30. The smallest absolute Gasteiger partial charge is 0.181 e. The van der Waals surface area contributed by atoms with Gasteiger partial charge in [0, 0.05) is 23.5 Å². The van der Waals surface area contributed by atoms with Crippen molar-refractivity contribution in [3.63, 3.8) is 0 Å². The largest absolute Gasteiger partial charge is 0.292 e. The van der Waals surface area contributed by atoms with Crippen LogP contribution in [0.15, 0.2) is 73.1 Å². The molecule has 0 bridgehead atoms. The Labute approximate surface area is 134 Å². The SMILES string of the molecule is O=C(c1ccccc1)C(S)c1nccnc1-c1ccccc1. The molecule has 0 N–H and O–H groups in total. The van der Waals surface area contributed by atoms with E-state index in [-0.39, 0.29) is 5.78 Å². The molecule has 0 saturated carbocycles. The molecule has 4 heteroatoms. The van der Waals surface area contributed by atoms with E-state index >= 15 is 0 Å². The van der Waals surface area contributed by atoms with E-state index in [1.165, 1.54) is 0 Å². The Morgan fingerprint density at radius 3 is 2.14 bits per heavy atom. The molecule has 3 aromatic rings. The first-order valence-corrected chi connectivity index (χ1v) is 7.42. The van der Waals surface area contributed by atoms with Crippen molar-refractivity contribution in [3.8, 4) is 11.3 Å². The zero-order valence-corrected chi connectivity index (χ0v) is 12.6. The molecule has 0 spiro atoms. The van der Waals surface area contributed by atoms with Gasteiger partial charge in [-0.25, -0.2) is 0 Å². The third kappa shape index (κ3) is 2.92. The Hall–Kier alpha value is -2.46. The number of nitrogens with zero attached hydrogens (tertiary/aromatic N) is 2. The molecule has 22 heavy (non-hydrogen) atoms. The molecule has 1 atom stereocenters. The zero-order valence-electron chi connectivity index (χ0n) is 11.8. The van der Waals surface area contributed by atoms with Gasteiger partial charge in [0.2, 0.25) is 0 Å². The molecular formula is C18H14N2OS. The van der Waals surface area contributed by atoms with Crippen molar-refractivity contribution in [1.29, 1.82) is 0 Å². The molecule has 1 unspecified atom stereocenters. The predicted octanol–water partition coefficient (Wildman–Crippen LogP) is 4.00. The number of carbonyl (C=O) groups is 1. The van der Waals surface area contributed by atoms with E-state index in [9.17, 15) is 4.79 Å². The summed E-state index contributed by atoms with van der Waals surface area (Å²) in [7, 11) is 0. The van der Waals surface area contributed by atoms with Gasteiger partial charge in [-0.3, -0.25) is 14.8 Å². The van der Waals surface area contributed by atoms with Crippen molar-refractivity contribution in [2.45, 2.75) is 5.25 Å². The Kier molecular flexibility index (Phi) is 4.30. The number of hydrogen-bond acceptors (Lipinski definition) is 4. The van der Waals surface area contributed by atoms with Crippen LogP contribution >= 0.6 is 12.6 Å². The minimum absolute atomic E-state index is 0.0818. The summed E-state index contributed by atoms with van der Waals surface area (Å²) in [5.41, 5.74) is 2.80. The number of Topliss-reactive ketones (excluding diaryl/α,β-unsaturated/α-hetero) is 1. The van der Waals surface area contributed by atoms with Crippen LogP contribution in [-0.4, -0.2) is 15.8 Å². The first-order chi connectivity index (χ1) is 10.8. The van der Waals surface area contributed by atoms with E-state index in [0.29, 0.717) is 17.0 Å². The molecule has 3 nitrogen and oxygen atoms in total. The lowest BCUT2D eigenvalue weighted by molar-refractivity contribution is 0.0989. The number of rotatable bonds is 4. The van der Waals surface area contributed by atoms with Gasteiger partial charge in [-0.05, 0) is 0 Å². The number of hydrogen-bond donors (Lipinski definition) is 1. The van der Waals surface area contributed by atoms with Crippen LogP contribution in [0.3, 0.4) is 0 Å². The summed E-state index contributed by atoms with van der Waals surface area (Å²) in [6.07, 6.45) is 3.21. The molecule has 1 heterocycles. The van der Waals surface area contributed by atoms with Crippen molar-refractivity contribution in [2.24, 2.45) is 0 Å². The highest BCUT2D eigenvalue weighted by Gasteiger charge is 2.23. The molecule has 0 radical (unpaired) electrons.